The van der Waals surface area contributed by atoms with Crippen molar-refractivity contribution in [3.05, 3.63) is 17.5 Å². The summed E-state index contributed by atoms with van der Waals surface area (Å²) >= 11 is 1.24. The van der Waals surface area contributed by atoms with E-state index in [0.29, 0.717) is 17.3 Å². The van der Waals surface area contributed by atoms with Gasteiger partial charge in [0.1, 0.15) is 4.21 Å². The van der Waals surface area contributed by atoms with Crippen LogP contribution in [0.1, 0.15) is 38.5 Å². The molecule has 0 radical (unpaired) electrons. The van der Waals surface area contributed by atoms with Crippen LogP contribution >= 0.6 is 11.3 Å². The lowest BCUT2D eigenvalue weighted by Crippen LogP contribution is -2.46. The summed E-state index contributed by atoms with van der Waals surface area (Å²) in [5.41, 5.74) is 0. The van der Waals surface area contributed by atoms with Crippen molar-refractivity contribution in [1.29, 1.82) is 0 Å². The second kappa shape index (κ2) is 7.32. The topological polar surface area (TPSA) is 57.7 Å². The predicted molar refractivity (Wildman–Crippen MR) is 90.8 cm³/mol. The van der Waals surface area contributed by atoms with Crippen molar-refractivity contribution >= 4 is 27.3 Å². The Kier molecular flexibility index (Phi) is 5.38. The fourth-order valence-corrected chi connectivity index (χ4v) is 6.12. The molecule has 1 atom stereocenters. The van der Waals surface area contributed by atoms with Crippen LogP contribution in [0.15, 0.2) is 21.7 Å². The van der Waals surface area contributed by atoms with Crippen molar-refractivity contribution in [1.82, 2.24) is 9.21 Å². The minimum Gasteiger partial charge on any atom is -0.342 e. The molecule has 3 heterocycles. The normalized spacial score (nSPS) is 24.3. The second-order valence-electron chi connectivity index (χ2n) is 6.37. The summed E-state index contributed by atoms with van der Waals surface area (Å²) in [6, 6.07) is 3.39. The highest BCUT2D eigenvalue weighted by molar-refractivity contribution is 7.91. The minimum atomic E-state index is -3.44. The zero-order valence-electron chi connectivity index (χ0n) is 13.3. The molecule has 0 saturated carbocycles. The SMILES string of the molecule is O=C([C@H]1CCCN(S(=O)(=O)c2cccs2)C1)N1CCCCCC1. The highest BCUT2D eigenvalue weighted by atomic mass is 32.2. The van der Waals surface area contributed by atoms with Crippen molar-refractivity contribution in [2.75, 3.05) is 26.2 Å². The van der Waals surface area contributed by atoms with Gasteiger partial charge in [-0.3, -0.25) is 4.79 Å². The Hall–Kier alpha value is -0.920. The summed E-state index contributed by atoms with van der Waals surface area (Å²) in [5, 5.41) is 1.77. The molecule has 0 aromatic carbocycles. The van der Waals surface area contributed by atoms with E-state index < -0.39 is 10.0 Å². The van der Waals surface area contributed by atoms with Crippen LogP contribution in [0.2, 0.25) is 0 Å². The van der Waals surface area contributed by atoms with Crippen LogP contribution in [-0.2, 0) is 14.8 Å². The average molecular weight is 357 g/mol. The van der Waals surface area contributed by atoms with Gasteiger partial charge in [-0.05, 0) is 37.1 Å². The van der Waals surface area contributed by atoms with Gasteiger partial charge in [0.15, 0.2) is 0 Å². The number of thiophene rings is 1. The summed E-state index contributed by atoms with van der Waals surface area (Å²) in [6.45, 7) is 2.50. The number of hydrogen-bond acceptors (Lipinski definition) is 4. The number of sulfonamides is 1. The van der Waals surface area contributed by atoms with Gasteiger partial charge in [-0.2, -0.15) is 4.31 Å². The molecule has 2 saturated heterocycles. The summed E-state index contributed by atoms with van der Waals surface area (Å²) < 4.78 is 27.2. The molecule has 2 fully saturated rings. The highest BCUT2D eigenvalue weighted by Crippen LogP contribution is 2.27. The van der Waals surface area contributed by atoms with Gasteiger partial charge < -0.3 is 4.90 Å². The van der Waals surface area contributed by atoms with Crippen LogP contribution < -0.4 is 0 Å². The number of hydrogen-bond donors (Lipinski definition) is 0. The lowest BCUT2D eigenvalue weighted by Gasteiger charge is -2.33. The average Bonchev–Trinajstić information content (AvgIpc) is 2.98. The van der Waals surface area contributed by atoms with E-state index in [-0.39, 0.29) is 11.8 Å². The minimum absolute atomic E-state index is 0.151. The quantitative estimate of drug-likeness (QED) is 0.836. The third-order valence-corrected chi connectivity index (χ3v) is 7.98. The number of likely N-dealkylation sites (tertiary alicyclic amines) is 1. The molecule has 0 aliphatic carbocycles. The standard InChI is InChI=1S/C16H24N2O3S2/c19-16(17-9-3-1-2-4-10-17)14-7-5-11-18(13-14)23(20,21)15-8-6-12-22-15/h6,8,12,14H,1-5,7,9-11,13H2/t14-/m0/s1. The summed E-state index contributed by atoms with van der Waals surface area (Å²) in [7, 11) is -3.44. The van der Waals surface area contributed by atoms with E-state index in [1.54, 1.807) is 17.5 Å². The maximum atomic E-state index is 12.8. The first kappa shape index (κ1) is 16.9. The summed E-state index contributed by atoms with van der Waals surface area (Å²) in [5.74, 6) is -0.0328. The van der Waals surface area contributed by atoms with E-state index in [9.17, 15) is 13.2 Å². The van der Waals surface area contributed by atoms with E-state index in [2.05, 4.69) is 0 Å². The molecular formula is C16H24N2O3S2. The Morgan fingerprint density at radius 3 is 2.48 bits per heavy atom. The molecule has 1 aromatic rings. The van der Waals surface area contributed by atoms with Crippen LogP contribution in [0.25, 0.3) is 0 Å². The van der Waals surface area contributed by atoms with Crippen molar-refractivity contribution in [3.8, 4) is 0 Å². The Morgan fingerprint density at radius 2 is 1.83 bits per heavy atom. The smallest absolute Gasteiger partial charge is 0.252 e. The van der Waals surface area contributed by atoms with Gasteiger partial charge in [0.25, 0.3) is 10.0 Å². The molecule has 0 N–H and O–H groups in total. The molecule has 0 bridgehead atoms. The molecule has 2 aliphatic rings. The Morgan fingerprint density at radius 1 is 1.09 bits per heavy atom. The van der Waals surface area contributed by atoms with Crippen LogP contribution in [-0.4, -0.2) is 49.7 Å². The zero-order valence-corrected chi connectivity index (χ0v) is 14.9. The van der Waals surface area contributed by atoms with E-state index in [1.807, 2.05) is 4.90 Å². The third-order valence-electron chi connectivity index (χ3n) is 4.74. The van der Waals surface area contributed by atoms with Gasteiger partial charge in [-0.1, -0.05) is 18.9 Å². The maximum Gasteiger partial charge on any atom is 0.252 e. The molecule has 2 aliphatic heterocycles. The fourth-order valence-electron chi connectivity index (χ4n) is 3.45. The van der Waals surface area contributed by atoms with Crippen LogP contribution in [0.3, 0.4) is 0 Å². The van der Waals surface area contributed by atoms with Gasteiger partial charge in [0.2, 0.25) is 5.91 Å². The molecule has 7 heteroatoms. The maximum absolute atomic E-state index is 12.8. The lowest BCUT2D eigenvalue weighted by atomic mass is 9.98. The van der Waals surface area contributed by atoms with Gasteiger partial charge in [0, 0.05) is 26.2 Å². The second-order valence-corrected chi connectivity index (χ2v) is 9.49. The third kappa shape index (κ3) is 3.78. The van der Waals surface area contributed by atoms with Gasteiger partial charge >= 0.3 is 0 Å². The summed E-state index contributed by atoms with van der Waals surface area (Å²) in [4.78, 5) is 14.7. The van der Waals surface area contributed by atoms with Gasteiger partial charge in [-0.25, -0.2) is 8.42 Å². The lowest BCUT2D eigenvalue weighted by molar-refractivity contribution is -0.136. The van der Waals surface area contributed by atoms with E-state index in [0.717, 1.165) is 38.8 Å². The molecule has 1 aromatic heterocycles. The molecular weight excluding hydrogens is 332 g/mol. The highest BCUT2D eigenvalue weighted by Gasteiger charge is 2.35. The predicted octanol–water partition coefficient (Wildman–Crippen LogP) is 2.55. The number of carbonyl (C=O) groups excluding carboxylic acids is 1. The first-order valence-electron chi connectivity index (χ1n) is 8.41. The molecule has 0 unspecified atom stereocenters. The van der Waals surface area contributed by atoms with Crippen molar-refractivity contribution in [3.63, 3.8) is 0 Å². The van der Waals surface area contributed by atoms with Crippen LogP contribution in [0.5, 0.6) is 0 Å². The van der Waals surface area contributed by atoms with Crippen molar-refractivity contribution in [2.24, 2.45) is 5.92 Å². The van der Waals surface area contributed by atoms with E-state index >= 15 is 0 Å². The Labute approximate surface area is 142 Å². The number of piperidine rings is 1. The van der Waals surface area contributed by atoms with Gasteiger partial charge in [-0.15, -0.1) is 11.3 Å². The molecule has 3 rings (SSSR count). The summed E-state index contributed by atoms with van der Waals surface area (Å²) in [6.07, 6.45) is 6.06. The molecule has 0 spiro atoms. The first-order chi connectivity index (χ1) is 11.1. The molecule has 128 valence electrons. The monoisotopic (exact) mass is 356 g/mol. The first-order valence-corrected chi connectivity index (χ1v) is 10.7. The van der Waals surface area contributed by atoms with E-state index in [4.69, 9.17) is 0 Å². The van der Waals surface area contributed by atoms with Crippen LogP contribution in [0, 0.1) is 5.92 Å². The number of amides is 1. The van der Waals surface area contributed by atoms with Crippen molar-refractivity contribution < 1.29 is 13.2 Å². The van der Waals surface area contributed by atoms with Gasteiger partial charge in [0.05, 0.1) is 5.92 Å². The number of nitrogens with zero attached hydrogens (tertiary/aromatic N) is 2. The number of carbonyl (C=O) groups is 1. The van der Waals surface area contributed by atoms with Crippen molar-refractivity contribution in [2.45, 2.75) is 42.7 Å². The Bertz CT molecular complexity index is 620. The van der Waals surface area contributed by atoms with E-state index in [1.165, 1.54) is 28.5 Å². The largest absolute Gasteiger partial charge is 0.342 e. The zero-order chi connectivity index (χ0) is 16.3. The fraction of sp³-hybridized carbons (Fsp3) is 0.688. The number of rotatable bonds is 3. The molecule has 1 amide bonds. The Balaban J connectivity index is 1.69. The molecule has 5 nitrogen and oxygen atoms in total. The van der Waals surface area contributed by atoms with Crippen LogP contribution in [0.4, 0.5) is 0 Å². The molecule has 23 heavy (non-hydrogen) atoms.